The van der Waals surface area contributed by atoms with Crippen LogP contribution in [0.2, 0.25) is 0 Å². The molecule has 1 heteroatoms. The van der Waals surface area contributed by atoms with Gasteiger partial charge >= 0.3 is 0 Å². The predicted molar refractivity (Wildman–Crippen MR) is 191 cm³/mol. The standard InChI is InChI=1S/C44H29N/c1-4-12-30(13-5-1)32-20-21-33-26-40-41-27-34-22-23-38(25-36(34)29-43(41)42(40)28-35(33)24-32)45(37-16-8-3-9-17-37)44-19-11-10-18-39(44)31-14-6-2-7-15-31/h1-29H. The van der Waals surface area contributed by atoms with E-state index in [2.05, 4.69) is 181 Å². The van der Waals surface area contributed by atoms with Gasteiger partial charge in [0.2, 0.25) is 0 Å². The number of nitrogens with zero attached hydrogens (tertiary/aromatic N) is 1. The Kier molecular flexibility index (Phi) is 5.89. The van der Waals surface area contributed by atoms with Crippen molar-refractivity contribution in [1.29, 1.82) is 0 Å². The third-order valence-electron chi connectivity index (χ3n) is 9.13. The first-order valence-corrected chi connectivity index (χ1v) is 15.5. The molecule has 0 spiro atoms. The molecular formula is C44H29N. The molecule has 45 heavy (non-hydrogen) atoms. The second-order valence-corrected chi connectivity index (χ2v) is 11.8. The quantitative estimate of drug-likeness (QED) is 0.199. The Labute approximate surface area is 263 Å². The van der Waals surface area contributed by atoms with Crippen molar-refractivity contribution in [3.63, 3.8) is 0 Å². The lowest BCUT2D eigenvalue weighted by Gasteiger charge is -2.29. The molecule has 0 saturated heterocycles. The van der Waals surface area contributed by atoms with Crippen molar-refractivity contribution in [2.75, 3.05) is 4.90 Å². The Morgan fingerprint density at radius 2 is 0.778 bits per heavy atom. The summed E-state index contributed by atoms with van der Waals surface area (Å²) in [4.78, 5) is 2.38. The summed E-state index contributed by atoms with van der Waals surface area (Å²) in [5.74, 6) is 0. The summed E-state index contributed by atoms with van der Waals surface area (Å²) in [7, 11) is 0. The number of para-hydroxylation sites is 2. The molecule has 8 aromatic rings. The number of rotatable bonds is 5. The fraction of sp³-hybridized carbons (Fsp3) is 0. The van der Waals surface area contributed by atoms with Crippen molar-refractivity contribution in [2.45, 2.75) is 0 Å². The highest BCUT2D eigenvalue weighted by Gasteiger charge is 2.24. The Bertz CT molecular complexity index is 2360. The Balaban J connectivity index is 1.16. The summed E-state index contributed by atoms with van der Waals surface area (Å²) >= 11 is 0. The van der Waals surface area contributed by atoms with Crippen LogP contribution in [-0.2, 0) is 0 Å². The van der Waals surface area contributed by atoms with Crippen LogP contribution in [0.15, 0.2) is 176 Å². The molecule has 210 valence electrons. The monoisotopic (exact) mass is 571 g/mol. The molecule has 0 atom stereocenters. The van der Waals surface area contributed by atoms with Crippen molar-refractivity contribution in [1.82, 2.24) is 0 Å². The summed E-state index contributed by atoms with van der Waals surface area (Å²) < 4.78 is 0. The Hall–Kier alpha value is -5.92. The summed E-state index contributed by atoms with van der Waals surface area (Å²) in [5, 5.41) is 5.06. The van der Waals surface area contributed by atoms with Gasteiger partial charge in [-0.05, 0) is 121 Å². The lowest BCUT2D eigenvalue weighted by atomic mass is 9.77. The zero-order valence-electron chi connectivity index (χ0n) is 24.7. The third-order valence-corrected chi connectivity index (χ3v) is 9.13. The van der Waals surface area contributed by atoms with Crippen LogP contribution in [0, 0.1) is 0 Å². The van der Waals surface area contributed by atoms with Gasteiger partial charge in [-0.3, -0.25) is 0 Å². The molecule has 1 aliphatic carbocycles. The van der Waals surface area contributed by atoms with Crippen molar-refractivity contribution < 1.29 is 0 Å². The highest BCUT2D eigenvalue weighted by Crippen LogP contribution is 2.51. The maximum absolute atomic E-state index is 2.38. The van der Waals surface area contributed by atoms with E-state index in [-0.39, 0.29) is 0 Å². The number of hydrogen-bond acceptors (Lipinski definition) is 1. The van der Waals surface area contributed by atoms with Crippen LogP contribution in [0.25, 0.3) is 66.1 Å². The molecule has 9 rings (SSSR count). The van der Waals surface area contributed by atoms with E-state index < -0.39 is 0 Å². The molecule has 0 heterocycles. The average molecular weight is 572 g/mol. The van der Waals surface area contributed by atoms with Crippen molar-refractivity contribution in [2.24, 2.45) is 0 Å². The molecular weight excluding hydrogens is 542 g/mol. The van der Waals surface area contributed by atoms with Crippen LogP contribution in [0.4, 0.5) is 17.1 Å². The van der Waals surface area contributed by atoms with E-state index in [1.807, 2.05) is 0 Å². The summed E-state index contributed by atoms with van der Waals surface area (Å²) in [6, 6.07) is 63.9. The number of anilines is 3. The number of hydrogen-bond donors (Lipinski definition) is 0. The van der Waals surface area contributed by atoms with E-state index in [0.717, 1.165) is 17.1 Å². The van der Waals surface area contributed by atoms with Crippen molar-refractivity contribution >= 4 is 38.6 Å². The molecule has 8 aromatic carbocycles. The lowest BCUT2D eigenvalue weighted by molar-refractivity contribution is 1.29. The zero-order valence-corrected chi connectivity index (χ0v) is 24.7. The van der Waals surface area contributed by atoms with Gasteiger partial charge in [0.05, 0.1) is 5.69 Å². The molecule has 0 aromatic heterocycles. The molecule has 0 saturated carbocycles. The van der Waals surface area contributed by atoms with Crippen LogP contribution in [-0.4, -0.2) is 0 Å². The van der Waals surface area contributed by atoms with Crippen LogP contribution >= 0.6 is 0 Å². The SMILES string of the molecule is c1ccc(-c2ccc3cc4c(cc3c2)-c2cc3cc(N(c5ccccc5)c5ccccc5-c5ccccc5)ccc3cc2-4)cc1. The van der Waals surface area contributed by atoms with Crippen LogP contribution in [0.5, 0.6) is 0 Å². The van der Waals surface area contributed by atoms with Gasteiger partial charge in [0.25, 0.3) is 0 Å². The summed E-state index contributed by atoms with van der Waals surface area (Å²) in [5.41, 5.74) is 13.7. The topological polar surface area (TPSA) is 3.24 Å². The minimum absolute atomic E-state index is 1.13. The van der Waals surface area contributed by atoms with Crippen LogP contribution in [0.3, 0.4) is 0 Å². The largest absolute Gasteiger partial charge is 0.310 e. The minimum atomic E-state index is 1.13. The fourth-order valence-electron chi connectivity index (χ4n) is 6.90. The van der Waals surface area contributed by atoms with E-state index in [9.17, 15) is 0 Å². The molecule has 0 bridgehead atoms. The van der Waals surface area contributed by atoms with Gasteiger partial charge < -0.3 is 4.90 Å². The van der Waals surface area contributed by atoms with E-state index >= 15 is 0 Å². The van der Waals surface area contributed by atoms with Gasteiger partial charge in [-0.1, -0.05) is 115 Å². The zero-order chi connectivity index (χ0) is 29.7. The minimum Gasteiger partial charge on any atom is -0.310 e. The first-order chi connectivity index (χ1) is 22.3. The van der Waals surface area contributed by atoms with Gasteiger partial charge in [0.1, 0.15) is 0 Å². The highest BCUT2D eigenvalue weighted by molar-refractivity contribution is 6.12. The Morgan fingerprint density at radius 3 is 1.44 bits per heavy atom. The first-order valence-electron chi connectivity index (χ1n) is 15.5. The maximum atomic E-state index is 2.38. The fourth-order valence-corrected chi connectivity index (χ4v) is 6.90. The number of benzene rings is 8. The number of fused-ring (bicyclic) bond motifs is 6. The summed E-state index contributed by atoms with van der Waals surface area (Å²) in [6.45, 7) is 0. The third kappa shape index (κ3) is 4.32. The first kappa shape index (κ1) is 25.6. The molecule has 0 N–H and O–H groups in total. The van der Waals surface area contributed by atoms with Crippen molar-refractivity contribution in [3.8, 4) is 44.5 Å². The van der Waals surface area contributed by atoms with Crippen LogP contribution in [0.1, 0.15) is 0 Å². The van der Waals surface area contributed by atoms with Gasteiger partial charge in [-0.25, -0.2) is 0 Å². The Morgan fingerprint density at radius 1 is 0.267 bits per heavy atom. The van der Waals surface area contributed by atoms with E-state index in [0.29, 0.717) is 0 Å². The smallest absolute Gasteiger partial charge is 0.0540 e. The van der Waals surface area contributed by atoms with Gasteiger partial charge in [-0.2, -0.15) is 0 Å². The second kappa shape index (κ2) is 10.4. The molecule has 1 aliphatic rings. The van der Waals surface area contributed by atoms with Crippen LogP contribution < -0.4 is 4.90 Å². The van der Waals surface area contributed by atoms with Gasteiger partial charge in [-0.15, -0.1) is 0 Å². The van der Waals surface area contributed by atoms with Crippen molar-refractivity contribution in [3.05, 3.63) is 176 Å². The van der Waals surface area contributed by atoms with E-state index in [1.54, 1.807) is 0 Å². The maximum Gasteiger partial charge on any atom is 0.0540 e. The van der Waals surface area contributed by atoms with Gasteiger partial charge in [0.15, 0.2) is 0 Å². The highest BCUT2D eigenvalue weighted by atomic mass is 15.1. The van der Waals surface area contributed by atoms with E-state index in [4.69, 9.17) is 0 Å². The predicted octanol–water partition coefficient (Wildman–Crippen LogP) is 12.4. The molecule has 0 amide bonds. The second-order valence-electron chi connectivity index (χ2n) is 11.8. The molecule has 0 unspecified atom stereocenters. The lowest BCUT2D eigenvalue weighted by Crippen LogP contribution is -2.11. The molecule has 1 nitrogen and oxygen atoms in total. The molecule has 0 aliphatic heterocycles. The van der Waals surface area contributed by atoms with Gasteiger partial charge in [0, 0.05) is 16.9 Å². The molecule has 0 radical (unpaired) electrons. The summed E-state index contributed by atoms with van der Waals surface area (Å²) in [6.07, 6.45) is 0. The van der Waals surface area contributed by atoms with E-state index in [1.165, 1.54) is 66.1 Å². The average Bonchev–Trinajstić information content (AvgIpc) is 3.11. The molecule has 0 fully saturated rings. The normalized spacial score (nSPS) is 11.6.